The summed E-state index contributed by atoms with van der Waals surface area (Å²) in [5, 5.41) is 0.980. The van der Waals surface area contributed by atoms with Crippen LogP contribution in [0.25, 0.3) is 0 Å². The topological polar surface area (TPSA) is 18.5 Å². The summed E-state index contributed by atoms with van der Waals surface area (Å²) in [6.07, 6.45) is 2.14. The zero-order valence-corrected chi connectivity index (χ0v) is 12.8. The molecule has 3 heteroatoms. The summed E-state index contributed by atoms with van der Waals surface area (Å²) in [4.78, 5) is 0. The first-order valence-corrected chi connectivity index (χ1v) is 7.61. The summed E-state index contributed by atoms with van der Waals surface area (Å²) >= 11 is 3.64. The van der Waals surface area contributed by atoms with E-state index in [2.05, 4.69) is 48.0 Å². The average Bonchev–Trinajstić information content (AvgIpc) is 2.36. The minimum atomic E-state index is 0.232. The van der Waals surface area contributed by atoms with Gasteiger partial charge in [0.2, 0.25) is 0 Å². The highest BCUT2D eigenvalue weighted by Crippen LogP contribution is 2.33. The first-order chi connectivity index (χ1) is 8.63. The molecule has 1 aliphatic heterocycles. The quantitative estimate of drug-likeness (QED) is 0.786. The molecule has 1 fully saturated rings. The van der Waals surface area contributed by atoms with Crippen molar-refractivity contribution >= 4 is 15.9 Å². The number of halogens is 1. The van der Waals surface area contributed by atoms with Crippen LogP contribution in [0.2, 0.25) is 0 Å². The Balaban J connectivity index is 2.00. The fourth-order valence-corrected chi connectivity index (χ4v) is 3.10. The zero-order chi connectivity index (χ0) is 13.0. The minimum absolute atomic E-state index is 0.232. The molecule has 0 radical (unpaired) electrons. The third kappa shape index (κ3) is 3.48. The van der Waals surface area contributed by atoms with Gasteiger partial charge in [-0.05, 0) is 49.9 Å². The Labute approximate surface area is 118 Å². The molecule has 1 saturated heterocycles. The summed E-state index contributed by atoms with van der Waals surface area (Å²) < 4.78 is 11.5. The maximum atomic E-state index is 6.02. The number of rotatable bonds is 4. The molecule has 2 nitrogen and oxygen atoms in total. The number of ether oxygens (including phenoxy) is 2. The molecule has 0 amide bonds. The van der Waals surface area contributed by atoms with Crippen LogP contribution in [-0.2, 0) is 4.74 Å². The lowest BCUT2D eigenvalue weighted by atomic mass is 9.83. The zero-order valence-electron chi connectivity index (χ0n) is 11.2. The Kier molecular flexibility index (Phi) is 4.68. The van der Waals surface area contributed by atoms with E-state index >= 15 is 0 Å². The molecule has 18 heavy (non-hydrogen) atoms. The van der Waals surface area contributed by atoms with Crippen molar-refractivity contribution in [3.05, 3.63) is 29.3 Å². The van der Waals surface area contributed by atoms with Crippen molar-refractivity contribution in [1.82, 2.24) is 0 Å². The Hall–Kier alpha value is -0.540. The van der Waals surface area contributed by atoms with Gasteiger partial charge in [0.1, 0.15) is 5.75 Å². The van der Waals surface area contributed by atoms with Crippen molar-refractivity contribution in [2.75, 3.05) is 25.2 Å². The molecule has 0 saturated carbocycles. The molecule has 0 atom stereocenters. The molecule has 0 spiro atoms. The van der Waals surface area contributed by atoms with Crippen LogP contribution in [0.4, 0.5) is 0 Å². The maximum Gasteiger partial charge on any atom is 0.119 e. The molecule has 0 bridgehead atoms. The average molecular weight is 313 g/mol. The van der Waals surface area contributed by atoms with Gasteiger partial charge >= 0.3 is 0 Å². The Morgan fingerprint density at radius 3 is 2.33 bits per heavy atom. The molecule has 1 heterocycles. The molecule has 0 aromatic heterocycles. The number of hydrogen-bond acceptors (Lipinski definition) is 2. The van der Waals surface area contributed by atoms with Gasteiger partial charge in [0, 0.05) is 24.0 Å². The highest BCUT2D eigenvalue weighted by Gasteiger charge is 2.32. The second-order valence-electron chi connectivity index (χ2n) is 5.36. The molecular weight excluding hydrogens is 292 g/mol. The van der Waals surface area contributed by atoms with E-state index in [4.69, 9.17) is 9.47 Å². The van der Waals surface area contributed by atoms with Gasteiger partial charge in [0.15, 0.2) is 0 Å². The van der Waals surface area contributed by atoms with Crippen molar-refractivity contribution in [3.8, 4) is 5.75 Å². The number of hydrogen-bond donors (Lipinski definition) is 0. The van der Waals surface area contributed by atoms with Crippen LogP contribution in [0.5, 0.6) is 5.75 Å². The van der Waals surface area contributed by atoms with Crippen LogP contribution in [0.1, 0.15) is 24.0 Å². The highest BCUT2D eigenvalue weighted by molar-refractivity contribution is 9.09. The van der Waals surface area contributed by atoms with Crippen LogP contribution in [0.15, 0.2) is 18.2 Å². The van der Waals surface area contributed by atoms with Crippen molar-refractivity contribution in [1.29, 1.82) is 0 Å². The summed E-state index contributed by atoms with van der Waals surface area (Å²) in [5.74, 6) is 0.985. The van der Waals surface area contributed by atoms with Gasteiger partial charge in [-0.25, -0.2) is 0 Å². The van der Waals surface area contributed by atoms with Gasteiger partial charge in [-0.3, -0.25) is 0 Å². The summed E-state index contributed by atoms with van der Waals surface area (Å²) in [6.45, 7) is 6.68. The SMILES string of the molecule is Cc1cc(C)cc(OCC2(CBr)CCOCC2)c1. The van der Waals surface area contributed by atoms with E-state index in [1.165, 1.54) is 11.1 Å². The fraction of sp³-hybridized carbons (Fsp3) is 0.600. The van der Waals surface area contributed by atoms with Crippen LogP contribution < -0.4 is 4.74 Å². The Morgan fingerprint density at radius 1 is 1.17 bits per heavy atom. The molecule has 2 rings (SSSR count). The van der Waals surface area contributed by atoms with Crippen molar-refractivity contribution in [2.24, 2.45) is 5.41 Å². The predicted molar refractivity (Wildman–Crippen MR) is 77.7 cm³/mol. The predicted octanol–water partition coefficient (Wildman–Crippen LogP) is 3.87. The monoisotopic (exact) mass is 312 g/mol. The smallest absolute Gasteiger partial charge is 0.119 e. The Morgan fingerprint density at radius 2 is 1.78 bits per heavy atom. The van der Waals surface area contributed by atoms with Gasteiger partial charge in [-0.15, -0.1) is 0 Å². The third-order valence-electron chi connectivity index (χ3n) is 3.58. The van der Waals surface area contributed by atoms with E-state index in [0.717, 1.165) is 43.7 Å². The number of alkyl halides is 1. The van der Waals surface area contributed by atoms with E-state index in [9.17, 15) is 0 Å². The Bertz CT molecular complexity index is 377. The summed E-state index contributed by atoms with van der Waals surface area (Å²) in [7, 11) is 0. The summed E-state index contributed by atoms with van der Waals surface area (Å²) in [6, 6.07) is 6.38. The molecule has 1 aromatic carbocycles. The van der Waals surface area contributed by atoms with Crippen LogP contribution >= 0.6 is 15.9 Å². The first-order valence-electron chi connectivity index (χ1n) is 6.48. The van der Waals surface area contributed by atoms with Gasteiger partial charge in [0.25, 0.3) is 0 Å². The number of benzene rings is 1. The highest BCUT2D eigenvalue weighted by atomic mass is 79.9. The third-order valence-corrected chi connectivity index (χ3v) is 4.77. The van der Waals surface area contributed by atoms with Crippen LogP contribution in [-0.4, -0.2) is 25.2 Å². The standard InChI is InChI=1S/C15H21BrO2/c1-12-7-13(2)9-14(8-12)18-11-15(10-16)3-5-17-6-4-15/h7-9H,3-6,10-11H2,1-2H3. The van der Waals surface area contributed by atoms with E-state index in [-0.39, 0.29) is 5.41 Å². The molecule has 100 valence electrons. The van der Waals surface area contributed by atoms with Gasteiger partial charge in [-0.1, -0.05) is 22.0 Å². The van der Waals surface area contributed by atoms with E-state index in [1.807, 2.05) is 0 Å². The molecule has 1 aliphatic rings. The normalized spacial score (nSPS) is 18.6. The first kappa shape index (κ1) is 13.9. The lowest BCUT2D eigenvalue weighted by molar-refractivity contribution is 0.00353. The van der Waals surface area contributed by atoms with E-state index < -0.39 is 0 Å². The lowest BCUT2D eigenvalue weighted by Crippen LogP contribution is -2.36. The van der Waals surface area contributed by atoms with E-state index in [0.29, 0.717) is 0 Å². The molecule has 0 N–H and O–H groups in total. The second-order valence-corrected chi connectivity index (χ2v) is 5.92. The van der Waals surface area contributed by atoms with Gasteiger partial charge < -0.3 is 9.47 Å². The molecule has 1 aromatic rings. The minimum Gasteiger partial charge on any atom is -0.493 e. The van der Waals surface area contributed by atoms with Crippen molar-refractivity contribution < 1.29 is 9.47 Å². The van der Waals surface area contributed by atoms with Crippen LogP contribution in [0.3, 0.4) is 0 Å². The molecule has 0 aliphatic carbocycles. The van der Waals surface area contributed by atoms with Gasteiger partial charge in [-0.2, -0.15) is 0 Å². The largest absolute Gasteiger partial charge is 0.493 e. The van der Waals surface area contributed by atoms with Crippen molar-refractivity contribution in [3.63, 3.8) is 0 Å². The molecule has 0 unspecified atom stereocenters. The van der Waals surface area contributed by atoms with Crippen LogP contribution in [0, 0.1) is 19.3 Å². The maximum absolute atomic E-state index is 6.02. The second kappa shape index (κ2) is 6.07. The lowest BCUT2D eigenvalue weighted by Gasteiger charge is -2.35. The fourth-order valence-electron chi connectivity index (χ4n) is 2.37. The molecular formula is C15H21BrO2. The van der Waals surface area contributed by atoms with Gasteiger partial charge in [0.05, 0.1) is 6.61 Å². The van der Waals surface area contributed by atoms with E-state index in [1.54, 1.807) is 0 Å². The summed E-state index contributed by atoms with van der Waals surface area (Å²) in [5.41, 5.74) is 2.74. The van der Waals surface area contributed by atoms with Crippen molar-refractivity contribution in [2.45, 2.75) is 26.7 Å². The number of aryl methyl sites for hydroxylation is 2.